The summed E-state index contributed by atoms with van der Waals surface area (Å²) in [6.07, 6.45) is 5.58. The van der Waals surface area contributed by atoms with E-state index in [1.165, 1.54) is 0 Å². The summed E-state index contributed by atoms with van der Waals surface area (Å²) in [6, 6.07) is -0.263. The number of hydrogen-bond acceptors (Lipinski definition) is 5. The molecule has 0 spiro atoms. The van der Waals surface area contributed by atoms with Gasteiger partial charge in [-0.2, -0.15) is 4.98 Å². The molecular weight excluding hydrogens is 308 g/mol. The van der Waals surface area contributed by atoms with E-state index < -0.39 is 0 Å². The van der Waals surface area contributed by atoms with Crippen molar-refractivity contribution in [1.82, 2.24) is 19.9 Å². The first kappa shape index (κ1) is 15.6. The van der Waals surface area contributed by atoms with E-state index in [1.54, 1.807) is 6.92 Å². The van der Waals surface area contributed by atoms with E-state index in [0.717, 1.165) is 51.6 Å². The highest BCUT2D eigenvalue weighted by Crippen LogP contribution is 2.34. The maximum absolute atomic E-state index is 13.0. The van der Waals surface area contributed by atoms with Crippen LogP contribution in [0.15, 0.2) is 4.52 Å². The first-order chi connectivity index (χ1) is 11.6. The average molecular weight is 332 g/mol. The molecular formula is C17H24N4O3. The molecule has 4 rings (SSSR count). The van der Waals surface area contributed by atoms with Gasteiger partial charge in [-0.25, -0.2) is 0 Å². The molecule has 2 amide bonds. The van der Waals surface area contributed by atoms with Crippen molar-refractivity contribution in [1.29, 1.82) is 0 Å². The molecule has 0 N–H and O–H groups in total. The molecule has 7 nitrogen and oxygen atoms in total. The van der Waals surface area contributed by atoms with Crippen LogP contribution in [0.25, 0.3) is 0 Å². The van der Waals surface area contributed by atoms with Gasteiger partial charge in [-0.15, -0.1) is 0 Å². The van der Waals surface area contributed by atoms with Crippen LogP contribution in [0.3, 0.4) is 0 Å². The predicted octanol–water partition coefficient (Wildman–Crippen LogP) is 1.49. The van der Waals surface area contributed by atoms with Crippen molar-refractivity contribution in [3.63, 3.8) is 0 Å². The normalized spacial score (nSPS) is 27.5. The molecule has 130 valence electrons. The molecule has 7 heteroatoms. The molecule has 24 heavy (non-hydrogen) atoms. The molecule has 3 fully saturated rings. The van der Waals surface area contributed by atoms with Crippen LogP contribution in [-0.4, -0.2) is 57.4 Å². The molecule has 0 bridgehead atoms. The van der Waals surface area contributed by atoms with Crippen molar-refractivity contribution in [3.8, 4) is 0 Å². The summed E-state index contributed by atoms with van der Waals surface area (Å²) in [5, 5.41) is 3.86. The molecule has 1 saturated carbocycles. The van der Waals surface area contributed by atoms with Gasteiger partial charge in [0.2, 0.25) is 17.7 Å². The summed E-state index contributed by atoms with van der Waals surface area (Å²) in [7, 11) is 0. The lowest BCUT2D eigenvalue weighted by Crippen LogP contribution is -2.50. The lowest BCUT2D eigenvalue weighted by Gasteiger charge is -2.35. The Morgan fingerprint density at radius 2 is 1.88 bits per heavy atom. The van der Waals surface area contributed by atoms with Crippen molar-refractivity contribution in [2.24, 2.45) is 5.92 Å². The zero-order valence-corrected chi connectivity index (χ0v) is 14.1. The molecule has 3 aliphatic rings. The second kappa shape index (κ2) is 6.18. The van der Waals surface area contributed by atoms with Crippen molar-refractivity contribution in [2.75, 3.05) is 19.6 Å². The van der Waals surface area contributed by atoms with Gasteiger partial charge in [-0.1, -0.05) is 5.16 Å². The summed E-state index contributed by atoms with van der Waals surface area (Å²) >= 11 is 0. The first-order valence-corrected chi connectivity index (χ1v) is 9.03. The summed E-state index contributed by atoms with van der Waals surface area (Å²) < 4.78 is 5.29. The van der Waals surface area contributed by atoms with Gasteiger partial charge in [0.15, 0.2) is 5.82 Å². The highest BCUT2D eigenvalue weighted by atomic mass is 16.5. The van der Waals surface area contributed by atoms with E-state index in [9.17, 15) is 9.59 Å². The van der Waals surface area contributed by atoms with Crippen molar-refractivity contribution in [2.45, 2.75) is 57.4 Å². The Balaban J connectivity index is 1.44. The van der Waals surface area contributed by atoms with Gasteiger partial charge in [0.1, 0.15) is 6.04 Å². The topological polar surface area (TPSA) is 79.5 Å². The summed E-state index contributed by atoms with van der Waals surface area (Å²) in [5.41, 5.74) is 0. The Bertz CT molecular complexity index is 640. The van der Waals surface area contributed by atoms with Gasteiger partial charge in [0, 0.05) is 25.6 Å². The highest BCUT2D eigenvalue weighted by molar-refractivity contribution is 5.90. The van der Waals surface area contributed by atoms with E-state index >= 15 is 0 Å². The van der Waals surface area contributed by atoms with E-state index in [-0.39, 0.29) is 29.7 Å². The molecule has 1 aromatic heterocycles. The summed E-state index contributed by atoms with van der Waals surface area (Å²) in [6.45, 7) is 3.90. The molecule has 2 atom stereocenters. The van der Waals surface area contributed by atoms with E-state index in [2.05, 4.69) is 10.1 Å². The number of likely N-dealkylation sites (tertiary alicyclic amines) is 2. The summed E-state index contributed by atoms with van der Waals surface area (Å²) in [4.78, 5) is 33.5. The predicted molar refractivity (Wildman–Crippen MR) is 85.0 cm³/mol. The average Bonchev–Trinajstić information content (AvgIpc) is 3.17. The van der Waals surface area contributed by atoms with E-state index in [1.807, 2.05) is 9.80 Å². The molecule has 0 unspecified atom stereocenters. The number of nitrogens with zero attached hydrogens (tertiary/aromatic N) is 4. The van der Waals surface area contributed by atoms with Gasteiger partial charge < -0.3 is 14.3 Å². The molecule has 1 aliphatic carbocycles. The van der Waals surface area contributed by atoms with Gasteiger partial charge in [0.25, 0.3) is 0 Å². The molecule has 1 aromatic rings. The van der Waals surface area contributed by atoms with Gasteiger partial charge in [0.05, 0.1) is 5.92 Å². The molecule has 0 aromatic carbocycles. The fraction of sp³-hybridized carbons (Fsp3) is 0.765. The fourth-order valence-electron chi connectivity index (χ4n) is 3.92. The van der Waals surface area contributed by atoms with Crippen molar-refractivity contribution < 1.29 is 14.1 Å². The van der Waals surface area contributed by atoms with Crippen LogP contribution >= 0.6 is 0 Å². The number of carbonyl (C=O) groups excluding carboxylic acids is 2. The van der Waals surface area contributed by atoms with Crippen LogP contribution in [-0.2, 0) is 9.59 Å². The third-order valence-corrected chi connectivity index (χ3v) is 5.37. The quantitative estimate of drug-likeness (QED) is 0.838. The Hall–Kier alpha value is -1.92. The van der Waals surface area contributed by atoms with Gasteiger partial charge in [-0.3, -0.25) is 9.59 Å². The Labute approximate surface area is 141 Å². The van der Waals surface area contributed by atoms with Gasteiger partial charge in [-0.05, 0) is 45.4 Å². The summed E-state index contributed by atoms with van der Waals surface area (Å²) in [5.74, 6) is 1.83. The monoisotopic (exact) mass is 332 g/mol. The Kier molecular flexibility index (Phi) is 4.02. The first-order valence-electron chi connectivity index (χ1n) is 9.03. The molecule has 2 saturated heterocycles. The Morgan fingerprint density at radius 1 is 1.08 bits per heavy atom. The maximum atomic E-state index is 13.0. The van der Waals surface area contributed by atoms with Crippen LogP contribution in [0.2, 0.25) is 0 Å². The Morgan fingerprint density at radius 3 is 2.58 bits per heavy atom. The van der Waals surface area contributed by atoms with Crippen LogP contribution in [0.1, 0.15) is 56.2 Å². The minimum absolute atomic E-state index is 0.0995. The van der Waals surface area contributed by atoms with Crippen LogP contribution in [0, 0.1) is 12.8 Å². The third kappa shape index (κ3) is 2.91. The molecule has 0 radical (unpaired) electrons. The van der Waals surface area contributed by atoms with Crippen LogP contribution in [0.4, 0.5) is 0 Å². The zero-order valence-electron chi connectivity index (χ0n) is 14.1. The van der Waals surface area contributed by atoms with E-state index in [4.69, 9.17) is 4.52 Å². The number of aromatic nitrogens is 2. The number of amides is 2. The zero-order chi connectivity index (χ0) is 16.7. The largest absolute Gasteiger partial charge is 0.340 e. The van der Waals surface area contributed by atoms with Crippen LogP contribution < -0.4 is 0 Å². The number of rotatable bonds is 3. The number of piperidine rings is 1. The number of carbonyl (C=O) groups is 2. The van der Waals surface area contributed by atoms with Gasteiger partial charge >= 0.3 is 0 Å². The van der Waals surface area contributed by atoms with E-state index in [0.29, 0.717) is 18.3 Å². The van der Waals surface area contributed by atoms with Crippen molar-refractivity contribution in [3.05, 3.63) is 11.7 Å². The lowest BCUT2D eigenvalue weighted by molar-refractivity contribution is -0.145. The SMILES string of the molecule is Cc1noc([C@@H]2CCCN(C(=O)[C@H]3CCCN3C(=O)C3CC3)C2)n1. The fourth-order valence-corrected chi connectivity index (χ4v) is 3.92. The molecule has 3 heterocycles. The lowest BCUT2D eigenvalue weighted by atomic mass is 9.97. The maximum Gasteiger partial charge on any atom is 0.245 e. The molecule has 2 aliphatic heterocycles. The minimum atomic E-state index is -0.263. The minimum Gasteiger partial charge on any atom is -0.340 e. The third-order valence-electron chi connectivity index (χ3n) is 5.37. The van der Waals surface area contributed by atoms with Crippen molar-refractivity contribution >= 4 is 11.8 Å². The standard InChI is InChI=1S/C17H24N4O3/c1-11-18-15(24-19-11)13-4-2-8-20(10-13)17(23)14-5-3-9-21(14)16(22)12-6-7-12/h12-14H,2-10H2,1H3/t13-,14-/m1/s1. The second-order valence-electron chi connectivity index (χ2n) is 7.27. The second-order valence-corrected chi connectivity index (χ2v) is 7.27. The highest BCUT2D eigenvalue weighted by Gasteiger charge is 2.42. The van der Waals surface area contributed by atoms with Crippen LogP contribution in [0.5, 0.6) is 0 Å². The smallest absolute Gasteiger partial charge is 0.245 e. The number of hydrogen-bond donors (Lipinski definition) is 0. The number of aryl methyl sites for hydroxylation is 1.